The molecule has 5 nitrogen and oxygen atoms in total. The lowest BCUT2D eigenvalue weighted by Gasteiger charge is -2.39. The van der Waals surface area contributed by atoms with Gasteiger partial charge in [-0.25, -0.2) is 0 Å². The van der Waals surface area contributed by atoms with E-state index in [1.807, 2.05) is 6.07 Å². The number of furan rings is 1. The molecular weight excluding hydrogens is 292 g/mol. The summed E-state index contributed by atoms with van der Waals surface area (Å²) in [6.45, 7) is 8.08. The molecule has 128 valence electrons. The van der Waals surface area contributed by atoms with Crippen molar-refractivity contribution in [1.29, 1.82) is 0 Å². The molecule has 3 fully saturated rings. The van der Waals surface area contributed by atoms with Gasteiger partial charge in [0.2, 0.25) is 0 Å². The van der Waals surface area contributed by atoms with Crippen LogP contribution in [0.25, 0.3) is 0 Å². The van der Waals surface area contributed by atoms with Crippen molar-refractivity contribution >= 4 is 0 Å². The van der Waals surface area contributed by atoms with E-state index in [1.165, 1.54) is 25.8 Å². The summed E-state index contributed by atoms with van der Waals surface area (Å²) in [5.74, 6) is 1.73. The Bertz CT molecular complexity index is 473. The fourth-order valence-electron chi connectivity index (χ4n) is 4.29. The van der Waals surface area contributed by atoms with Crippen LogP contribution in [0.4, 0.5) is 0 Å². The molecular formula is C18H28N2O3. The van der Waals surface area contributed by atoms with Gasteiger partial charge in [0.1, 0.15) is 5.76 Å². The average molecular weight is 320 g/mol. The number of ether oxygens (including phenoxy) is 2. The number of hydrogen-bond acceptors (Lipinski definition) is 5. The van der Waals surface area contributed by atoms with Gasteiger partial charge in [-0.2, -0.15) is 0 Å². The first-order valence-corrected chi connectivity index (χ1v) is 9.06. The van der Waals surface area contributed by atoms with Gasteiger partial charge in [0.15, 0.2) is 0 Å². The smallest absolute Gasteiger partial charge is 0.117 e. The number of hydrogen-bond donors (Lipinski definition) is 0. The molecule has 23 heavy (non-hydrogen) atoms. The number of likely N-dealkylation sites (tertiary alicyclic amines) is 1. The second-order valence-corrected chi connectivity index (χ2v) is 7.11. The molecule has 1 aromatic rings. The monoisotopic (exact) mass is 320 g/mol. The predicted molar refractivity (Wildman–Crippen MR) is 87.2 cm³/mol. The summed E-state index contributed by atoms with van der Waals surface area (Å²) in [6, 6.07) is 4.73. The first-order chi connectivity index (χ1) is 11.4. The number of piperidine rings is 1. The van der Waals surface area contributed by atoms with Gasteiger partial charge in [0.05, 0.1) is 25.5 Å². The van der Waals surface area contributed by atoms with E-state index in [-0.39, 0.29) is 0 Å². The molecule has 0 saturated carbocycles. The summed E-state index contributed by atoms with van der Waals surface area (Å²) < 4.78 is 17.2. The summed E-state index contributed by atoms with van der Waals surface area (Å²) in [5, 5.41) is 0. The van der Waals surface area contributed by atoms with Gasteiger partial charge in [-0.05, 0) is 37.9 Å². The molecule has 0 aromatic carbocycles. The van der Waals surface area contributed by atoms with Crippen molar-refractivity contribution in [3.8, 4) is 0 Å². The van der Waals surface area contributed by atoms with E-state index in [1.54, 1.807) is 6.26 Å². The van der Waals surface area contributed by atoms with E-state index in [2.05, 4.69) is 15.9 Å². The Morgan fingerprint density at radius 3 is 2.78 bits per heavy atom. The molecule has 5 heteroatoms. The second kappa shape index (κ2) is 7.34. The van der Waals surface area contributed by atoms with E-state index in [0.717, 1.165) is 51.8 Å². The maximum absolute atomic E-state index is 6.23. The zero-order chi connectivity index (χ0) is 15.5. The van der Waals surface area contributed by atoms with Gasteiger partial charge in [0, 0.05) is 44.8 Å². The average Bonchev–Trinajstić information content (AvgIpc) is 3.00. The molecule has 2 atom stereocenters. The zero-order valence-electron chi connectivity index (χ0n) is 13.9. The van der Waals surface area contributed by atoms with Crippen LogP contribution in [-0.2, 0) is 16.0 Å². The fourth-order valence-corrected chi connectivity index (χ4v) is 4.29. The zero-order valence-corrected chi connectivity index (χ0v) is 13.9. The SMILES string of the molecule is c1coc(CN2CC[C@H]3CN(C4CCOCC4)CCO[C@@H]3C2)c1. The van der Waals surface area contributed by atoms with E-state index < -0.39 is 0 Å². The first-order valence-electron chi connectivity index (χ1n) is 9.06. The maximum atomic E-state index is 6.23. The van der Waals surface area contributed by atoms with Crippen molar-refractivity contribution < 1.29 is 13.9 Å². The molecule has 3 aliphatic heterocycles. The molecule has 3 aliphatic rings. The molecule has 4 rings (SSSR count). The Kier molecular flexibility index (Phi) is 4.99. The Morgan fingerprint density at radius 1 is 1.04 bits per heavy atom. The third-order valence-corrected chi connectivity index (χ3v) is 5.63. The van der Waals surface area contributed by atoms with E-state index in [0.29, 0.717) is 18.1 Å². The van der Waals surface area contributed by atoms with Crippen LogP contribution < -0.4 is 0 Å². The van der Waals surface area contributed by atoms with Gasteiger partial charge >= 0.3 is 0 Å². The molecule has 0 aliphatic carbocycles. The molecule has 4 heterocycles. The molecule has 0 N–H and O–H groups in total. The number of rotatable bonds is 3. The quantitative estimate of drug-likeness (QED) is 0.851. The maximum Gasteiger partial charge on any atom is 0.117 e. The summed E-state index contributed by atoms with van der Waals surface area (Å²) in [4.78, 5) is 5.15. The van der Waals surface area contributed by atoms with Crippen molar-refractivity contribution in [3.63, 3.8) is 0 Å². The lowest BCUT2D eigenvalue weighted by molar-refractivity contribution is -0.0259. The van der Waals surface area contributed by atoms with Gasteiger partial charge in [-0.15, -0.1) is 0 Å². The lowest BCUT2D eigenvalue weighted by Crippen LogP contribution is -2.48. The highest BCUT2D eigenvalue weighted by Gasteiger charge is 2.35. The molecule has 0 radical (unpaired) electrons. The highest BCUT2D eigenvalue weighted by molar-refractivity contribution is 4.99. The topological polar surface area (TPSA) is 38.1 Å². The van der Waals surface area contributed by atoms with E-state index in [9.17, 15) is 0 Å². The van der Waals surface area contributed by atoms with Crippen LogP contribution in [0.1, 0.15) is 25.0 Å². The van der Waals surface area contributed by atoms with Crippen molar-refractivity contribution in [2.75, 3.05) is 46.0 Å². The van der Waals surface area contributed by atoms with Gasteiger partial charge in [-0.1, -0.05) is 0 Å². The predicted octanol–water partition coefficient (Wildman–Crippen LogP) is 1.98. The second-order valence-electron chi connectivity index (χ2n) is 7.11. The van der Waals surface area contributed by atoms with Crippen LogP contribution in [0, 0.1) is 5.92 Å². The number of nitrogens with zero attached hydrogens (tertiary/aromatic N) is 2. The number of fused-ring (bicyclic) bond motifs is 1. The minimum atomic E-state index is 0.378. The Labute approximate surface area is 138 Å². The van der Waals surface area contributed by atoms with Crippen LogP contribution >= 0.6 is 0 Å². The largest absolute Gasteiger partial charge is 0.468 e. The van der Waals surface area contributed by atoms with Crippen LogP contribution in [-0.4, -0.2) is 67.9 Å². The van der Waals surface area contributed by atoms with Crippen molar-refractivity contribution in [1.82, 2.24) is 9.80 Å². The minimum Gasteiger partial charge on any atom is -0.468 e. The van der Waals surface area contributed by atoms with Crippen LogP contribution in [0.2, 0.25) is 0 Å². The Morgan fingerprint density at radius 2 is 1.96 bits per heavy atom. The molecule has 0 spiro atoms. The standard InChI is InChI=1S/C18H28N2O3/c1-2-17(22-8-1)13-19-6-3-15-12-20(7-11-23-18(15)14-19)16-4-9-21-10-5-16/h1-2,8,15-16,18H,3-7,9-14H2/t15-,18+/m0/s1. The summed E-state index contributed by atoms with van der Waals surface area (Å²) in [5.41, 5.74) is 0. The van der Waals surface area contributed by atoms with Crippen LogP contribution in [0.15, 0.2) is 22.8 Å². The van der Waals surface area contributed by atoms with E-state index >= 15 is 0 Å². The van der Waals surface area contributed by atoms with Crippen LogP contribution in [0.3, 0.4) is 0 Å². The molecule has 1 aromatic heterocycles. The Hall–Kier alpha value is -0.880. The van der Waals surface area contributed by atoms with Gasteiger partial charge in [-0.3, -0.25) is 9.80 Å². The molecule has 0 amide bonds. The van der Waals surface area contributed by atoms with Crippen molar-refractivity contribution in [3.05, 3.63) is 24.2 Å². The third kappa shape index (κ3) is 3.79. The highest BCUT2D eigenvalue weighted by Crippen LogP contribution is 2.27. The highest BCUT2D eigenvalue weighted by atomic mass is 16.5. The normalized spacial score (nSPS) is 31.7. The summed E-state index contributed by atoms with van der Waals surface area (Å²) in [7, 11) is 0. The van der Waals surface area contributed by atoms with Gasteiger partial charge in [0.25, 0.3) is 0 Å². The van der Waals surface area contributed by atoms with Gasteiger partial charge < -0.3 is 13.9 Å². The van der Waals surface area contributed by atoms with E-state index in [4.69, 9.17) is 13.9 Å². The molecule has 0 unspecified atom stereocenters. The summed E-state index contributed by atoms with van der Waals surface area (Å²) >= 11 is 0. The minimum absolute atomic E-state index is 0.378. The first kappa shape index (κ1) is 15.6. The third-order valence-electron chi connectivity index (χ3n) is 5.63. The van der Waals surface area contributed by atoms with Crippen molar-refractivity contribution in [2.24, 2.45) is 5.92 Å². The molecule has 3 saturated heterocycles. The van der Waals surface area contributed by atoms with Crippen LogP contribution in [0.5, 0.6) is 0 Å². The summed E-state index contributed by atoms with van der Waals surface area (Å²) in [6.07, 6.45) is 5.73. The lowest BCUT2D eigenvalue weighted by atomic mass is 9.92. The fraction of sp³-hybridized carbons (Fsp3) is 0.778. The van der Waals surface area contributed by atoms with Crippen molar-refractivity contribution in [2.45, 2.75) is 38.0 Å². The Balaban J connectivity index is 1.34. The molecule has 0 bridgehead atoms.